The summed E-state index contributed by atoms with van der Waals surface area (Å²) < 4.78 is 11.5. The van der Waals surface area contributed by atoms with Gasteiger partial charge in [-0.25, -0.2) is 0 Å². The van der Waals surface area contributed by atoms with Gasteiger partial charge in [-0.05, 0) is 11.6 Å². The molecule has 0 radical (unpaired) electrons. The predicted molar refractivity (Wildman–Crippen MR) is 119 cm³/mol. The SMILES string of the molecule is O=C(CI)Cc1cccc(-c2nc(N3CCOCC3)nc(N3CCOCC3)n2)c1. The van der Waals surface area contributed by atoms with Crippen LogP contribution in [0.25, 0.3) is 11.4 Å². The van der Waals surface area contributed by atoms with Crippen molar-refractivity contribution in [2.24, 2.45) is 0 Å². The molecule has 0 saturated carbocycles. The molecule has 2 fully saturated rings. The van der Waals surface area contributed by atoms with Crippen molar-refractivity contribution in [1.29, 1.82) is 0 Å². The lowest BCUT2D eigenvalue weighted by Crippen LogP contribution is -2.40. The van der Waals surface area contributed by atoms with Gasteiger partial charge < -0.3 is 19.3 Å². The fourth-order valence-corrected chi connectivity index (χ4v) is 3.66. The fraction of sp³-hybridized carbons (Fsp3) is 0.500. The molecule has 8 nitrogen and oxygen atoms in total. The number of Topliss-reactive ketones (excluding diaryl/α,β-unsaturated/α-hetero) is 1. The lowest BCUT2D eigenvalue weighted by molar-refractivity contribution is -0.115. The maximum atomic E-state index is 11.9. The third kappa shape index (κ3) is 5.20. The highest BCUT2D eigenvalue weighted by Crippen LogP contribution is 2.23. The second kappa shape index (κ2) is 9.77. The van der Waals surface area contributed by atoms with Crippen LogP contribution >= 0.6 is 22.6 Å². The van der Waals surface area contributed by atoms with Crippen molar-refractivity contribution in [1.82, 2.24) is 15.0 Å². The average Bonchev–Trinajstić information content (AvgIpc) is 2.80. The quantitative estimate of drug-likeness (QED) is 0.431. The van der Waals surface area contributed by atoms with E-state index in [-0.39, 0.29) is 5.78 Å². The van der Waals surface area contributed by atoms with Gasteiger partial charge in [0.2, 0.25) is 11.9 Å². The van der Waals surface area contributed by atoms with E-state index in [1.165, 1.54) is 0 Å². The Morgan fingerprint density at radius 3 is 2.07 bits per heavy atom. The Balaban J connectivity index is 1.69. The van der Waals surface area contributed by atoms with Crippen molar-refractivity contribution in [2.75, 3.05) is 66.8 Å². The van der Waals surface area contributed by atoms with E-state index in [0.717, 1.165) is 37.3 Å². The first-order valence-corrected chi connectivity index (χ1v) is 11.3. The van der Waals surface area contributed by atoms with Crippen LogP contribution in [0.3, 0.4) is 0 Å². The third-order valence-corrected chi connectivity index (χ3v) is 5.79. The molecule has 1 aromatic carbocycles. The summed E-state index contributed by atoms with van der Waals surface area (Å²) >= 11 is 2.10. The van der Waals surface area contributed by atoms with E-state index in [1.807, 2.05) is 24.3 Å². The number of hydrogen-bond acceptors (Lipinski definition) is 8. The van der Waals surface area contributed by atoms with Crippen molar-refractivity contribution >= 4 is 40.3 Å². The van der Waals surface area contributed by atoms with Crippen molar-refractivity contribution in [2.45, 2.75) is 6.42 Å². The molecule has 2 saturated heterocycles. The Hall–Kier alpha value is -1.85. The van der Waals surface area contributed by atoms with E-state index in [1.54, 1.807) is 0 Å². The number of ether oxygens (including phenoxy) is 2. The summed E-state index contributed by atoms with van der Waals surface area (Å²) in [5.74, 6) is 2.19. The highest BCUT2D eigenvalue weighted by Gasteiger charge is 2.21. The number of aromatic nitrogens is 3. The summed E-state index contributed by atoms with van der Waals surface area (Å²) in [7, 11) is 0. The van der Waals surface area contributed by atoms with Gasteiger partial charge in [-0.2, -0.15) is 15.0 Å². The van der Waals surface area contributed by atoms with Crippen LogP contribution in [0.4, 0.5) is 11.9 Å². The molecule has 0 bridgehead atoms. The normalized spacial score (nSPS) is 17.4. The van der Waals surface area contributed by atoms with Gasteiger partial charge in [0.25, 0.3) is 0 Å². The van der Waals surface area contributed by atoms with E-state index in [4.69, 9.17) is 24.4 Å². The highest BCUT2D eigenvalue weighted by atomic mass is 127. The number of carbonyl (C=O) groups excluding carboxylic acids is 1. The molecule has 3 heterocycles. The zero-order valence-corrected chi connectivity index (χ0v) is 18.4. The summed E-state index contributed by atoms with van der Waals surface area (Å²) in [6, 6.07) is 7.92. The second-order valence-corrected chi connectivity index (χ2v) is 7.77. The molecule has 4 rings (SSSR count). The lowest BCUT2D eigenvalue weighted by atomic mass is 10.1. The molecule has 0 spiro atoms. The van der Waals surface area contributed by atoms with E-state index >= 15 is 0 Å². The van der Waals surface area contributed by atoms with Gasteiger partial charge >= 0.3 is 0 Å². The molecule has 1 aromatic heterocycles. The van der Waals surface area contributed by atoms with Crippen LogP contribution in [-0.2, 0) is 20.7 Å². The van der Waals surface area contributed by atoms with Crippen molar-refractivity contribution < 1.29 is 14.3 Å². The summed E-state index contributed by atoms with van der Waals surface area (Å²) in [5.41, 5.74) is 1.88. The van der Waals surface area contributed by atoms with Crippen LogP contribution in [-0.4, -0.2) is 77.8 Å². The van der Waals surface area contributed by atoms with Gasteiger partial charge in [0.15, 0.2) is 5.82 Å². The highest BCUT2D eigenvalue weighted by molar-refractivity contribution is 14.1. The Morgan fingerprint density at radius 1 is 0.931 bits per heavy atom. The number of benzene rings is 1. The summed E-state index contributed by atoms with van der Waals surface area (Å²) in [5, 5.41) is 0. The molecule has 154 valence electrons. The number of hydrogen-bond donors (Lipinski definition) is 0. The number of morpholine rings is 2. The van der Waals surface area contributed by atoms with Gasteiger partial charge in [0.1, 0.15) is 5.78 Å². The van der Waals surface area contributed by atoms with E-state index < -0.39 is 0 Å². The molecular formula is C20H24IN5O3. The Morgan fingerprint density at radius 2 is 1.52 bits per heavy atom. The maximum absolute atomic E-state index is 11.9. The average molecular weight is 509 g/mol. The first kappa shape index (κ1) is 20.4. The first-order chi connectivity index (χ1) is 14.2. The van der Waals surface area contributed by atoms with Crippen LogP contribution in [0.1, 0.15) is 5.56 Å². The zero-order chi connectivity index (χ0) is 20.1. The Labute approximate surface area is 183 Å². The molecule has 2 aliphatic rings. The molecule has 0 aliphatic carbocycles. The second-order valence-electron chi connectivity index (χ2n) is 7.01. The van der Waals surface area contributed by atoms with E-state index in [9.17, 15) is 4.79 Å². The van der Waals surface area contributed by atoms with E-state index in [2.05, 4.69) is 32.4 Å². The predicted octanol–water partition coefficient (Wildman–Crippen LogP) is 1.76. The third-order valence-electron chi connectivity index (χ3n) is 4.94. The number of nitrogens with zero attached hydrogens (tertiary/aromatic N) is 5. The molecule has 2 aliphatic heterocycles. The molecule has 0 unspecified atom stereocenters. The molecule has 9 heteroatoms. The minimum Gasteiger partial charge on any atom is -0.378 e. The smallest absolute Gasteiger partial charge is 0.230 e. The number of rotatable bonds is 6. The molecule has 0 N–H and O–H groups in total. The standard InChI is InChI=1S/C20H24IN5O3/c21-14-17(27)13-15-2-1-3-16(12-15)18-22-19(25-4-8-28-9-5-25)24-20(23-18)26-6-10-29-11-7-26/h1-3,12H,4-11,13-14H2. The van der Waals surface area contributed by atoms with Crippen LogP contribution in [0.15, 0.2) is 24.3 Å². The molecule has 2 aromatic rings. The summed E-state index contributed by atoms with van der Waals surface area (Å²) in [6.45, 7) is 5.71. The number of anilines is 2. The lowest BCUT2D eigenvalue weighted by Gasteiger charge is -2.30. The molecule has 0 atom stereocenters. The van der Waals surface area contributed by atoms with Crippen LogP contribution < -0.4 is 9.80 Å². The summed E-state index contributed by atoms with van der Waals surface area (Å²) in [6.07, 6.45) is 0.425. The summed E-state index contributed by atoms with van der Waals surface area (Å²) in [4.78, 5) is 30.4. The van der Waals surface area contributed by atoms with Crippen molar-refractivity contribution in [3.05, 3.63) is 29.8 Å². The van der Waals surface area contributed by atoms with Crippen LogP contribution in [0.2, 0.25) is 0 Å². The van der Waals surface area contributed by atoms with Gasteiger partial charge in [-0.15, -0.1) is 0 Å². The largest absolute Gasteiger partial charge is 0.378 e. The number of halogens is 1. The van der Waals surface area contributed by atoms with Gasteiger partial charge in [0, 0.05) is 38.2 Å². The monoisotopic (exact) mass is 509 g/mol. The number of ketones is 1. The van der Waals surface area contributed by atoms with Gasteiger partial charge in [-0.3, -0.25) is 4.79 Å². The Bertz CT molecular complexity index is 818. The molecule has 29 heavy (non-hydrogen) atoms. The molecule has 0 amide bonds. The number of carbonyl (C=O) groups is 1. The zero-order valence-electron chi connectivity index (χ0n) is 16.2. The molecular weight excluding hydrogens is 485 g/mol. The van der Waals surface area contributed by atoms with E-state index in [0.29, 0.717) is 55.0 Å². The minimum absolute atomic E-state index is 0.210. The minimum atomic E-state index is 0.210. The Kier molecular flexibility index (Phi) is 6.88. The van der Waals surface area contributed by atoms with Gasteiger partial charge in [-0.1, -0.05) is 40.8 Å². The first-order valence-electron chi connectivity index (χ1n) is 9.81. The van der Waals surface area contributed by atoms with Crippen molar-refractivity contribution in [3.63, 3.8) is 0 Å². The van der Waals surface area contributed by atoms with Crippen LogP contribution in [0, 0.1) is 0 Å². The van der Waals surface area contributed by atoms with Crippen LogP contribution in [0.5, 0.6) is 0 Å². The fourth-order valence-electron chi connectivity index (χ4n) is 3.39. The van der Waals surface area contributed by atoms with Crippen molar-refractivity contribution in [3.8, 4) is 11.4 Å². The number of alkyl halides is 1. The maximum Gasteiger partial charge on any atom is 0.230 e. The topological polar surface area (TPSA) is 80.7 Å². The van der Waals surface area contributed by atoms with Gasteiger partial charge in [0.05, 0.1) is 30.9 Å².